The first kappa shape index (κ1) is 18.3. The molecule has 2 aromatic rings. The summed E-state index contributed by atoms with van der Waals surface area (Å²) in [5, 5.41) is 3.06. The van der Waals surface area contributed by atoms with Crippen LogP contribution in [0, 0.1) is 0 Å². The summed E-state index contributed by atoms with van der Waals surface area (Å²) >= 11 is 0. The summed E-state index contributed by atoms with van der Waals surface area (Å²) in [6.45, 7) is 6.41. The molecule has 1 aliphatic heterocycles. The summed E-state index contributed by atoms with van der Waals surface area (Å²) in [6, 6.07) is 18.2. The normalized spacial score (nSPS) is 16.2. The summed E-state index contributed by atoms with van der Waals surface area (Å²) in [6.07, 6.45) is 0. The third-order valence-corrected chi connectivity index (χ3v) is 5.14. The number of methoxy groups -OCH3 is 1. The molecule has 1 heterocycles. The topological polar surface area (TPSA) is 46.0 Å². The van der Waals surface area contributed by atoms with E-state index in [-0.39, 0.29) is 11.9 Å². The minimum absolute atomic E-state index is 0.0360. The minimum atomic E-state index is -0.0360. The average Bonchev–Trinajstić information content (AvgIpc) is 2.72. The molecule has 0 bridgehead atoms. The van der Waals surface area contributed by atoms with Crippen LogP contribution in [-0.2, 0) is 11.3 Å². The Labute approximate surface area is 155 Å². The average molecular weight is 354 g/mol. The lowest BCUT2D eigenvalue weighted by Gasteiger charge is -2.36. The molecule has 5 heteroatoms. The van der Waals surface area contributed by atoms with Crippen molar-refractivity contribution in [1.82, 2.24) is 5.32 Å². The van der Waals surface area contributed by atoms with Gasteiger partial charge in [-0.05, 0) is 24.6 Å². The number of amides is 1. The fourth-order valence-electron chi connectivity index (χ4n) is 3.42. The van der Waals surface area contributed by atoms with E-state index in [9.17, 15) is 4.79 Å². The van der Waals surface area contributed by atoms with Crippen LogP contribution in [0.25, 0.3) is 0 Å². The number of hydrogen-bond acceptors (Lipinski definition) is 3. The van der Waals surface area contributed by atoms with Crippen LogP contribution in [0.1, 0.15) is 12.5 Å². The van der Waals surface area contributed by atoms with Crippen molar-refractivity contribution in [3.05, 3.63) is 60.2 Å². The van der Waals surface area contributed by atoms with Crippen molar-refractivity contribution in [3.63, 3.8) is 0 Å². The summed E-state index contributed by atoms with van der Waals surface area (Å²) in [5.41, 5.74) is 2.32. The van der Waals surface area contributed by atoms with E-state index in [1.165, 1.54) is 10.6 Å². The molecular formula is C21H28N3O2+. The zero-order valence-corrected chi connectivity index (χ0v) is 15.6. The van der Waals surface area contributed by atoms with E-state index in [0.717, 1.165) is 37.5 Å². The van der Waals surface area contributed by atoms with E-state index in [4.69, 9.17) is 4.74 Å². The van der Waals surface area contributed by atoms with Gasteiger partial charge in [0.2, 0.25) is 0 Å². The van der Waals surface area contributed by atoms with Crippen molar-refractivity contribution in [1.29, 1.82) is 0 Å². The molecule has 1 atom stereocenters. The first-order chi connectivity index (χ1) is 12.7. The smallest absolute Gasteiger partial charge is 0.278 e. The molecule has 2 aromatic carbocycles. The number of benzene rings is 2. The Bertz CT molecular complexity index is 712. The minimum Gasteiger partial charge on any atom is -0.497 e. The Morgan fingerprint density at radius 3 is 2.58 bits per heavy atom. The number of ether oxygens (including phenoxy) is 1. The van der Waals surface area contributed by atoms with E-state index < -0.39 is 0 Å². The van der Waals surface area contributed by atoms with Crippen LogP contribution >= 0.6 is 0 Å². The zero-order valence-electron chi connectivity index (χ0n) is 15.6. The Kier molecular flexibility index (Phi) is 6.12. The van der Waals surface area contributed by atoms with E-state index in [2.05, 4.69) is 22.3 Å². The van der Waals surface area contributed by atoms with Crippen molar-refractivity contribution >= 4 is 11.6 Å². The number of nitrogens with one attached hydrogen (secondary N) is 2. The second kappa shape index (κ2) is 8.72. The van der Waals surface area contributed by atoms with Gasteiger partial charge in [-0.3, -0.25) is 4.79 Å². The fourth-order valence-corrected chi connectivity index (χ4v) is 3.42. The van der Waals surface area contributed by atoms with Crippen molar-refractivity contribution in [3.8, 4) is 5.75 Å². The highest BCUT2D eigenvalue weighted by molar-refractivity contribution is 5.79. The lowest BCUT2D eigenvalue weighted by Crippen LogP contribution is -3.19. The van der Waals surface area contributed by atoms with E-state index >= 15 is 0 Å². The van der Waals surface area contributed by atoms with Crippen LogP contribution in [0.5, 0.6) is 5.75 Å². The van der Waals surface area contributed by atoms with Crippen molar-refractivity contribution < 1.29 is 14.4 Å². The third kappa shape index (κ3) is 4.55. The van der Waals surface area contributed by atoms with Crippen LogP contribution in [0.3, 0.4) is 0 Å². The molecule has 1 fully saturated rings. The van der Waals surface area contributed by atoms with Crippen molar-refractivity contribution in [2.75, 3.05) is 38.2 Å². The van der Waals surface area contributed by atoms with Gasteiger partial charge in [0.1, 0.15) is 5.75 Å². The lowest BCUT2D eigenvalue weighted by atomic mass is 10.2. The molecule has 1 amide bonds. The number of piperazine rings is 1. The summed E-state index contributed by atoms with van der Waals surface area (Å²) in [7, 11) is 1.69. The predicted octanol–water partition coefficient (Wildman–Crippen LogP) is 1.11. The summed E-state index contributed by atoms with van der Waals surface area (Å²) < 4.78 is 5.32. The fraction of sp³-hybridized carbons (Fsp3) is 0.381. The first-order valence-electron chi connectivity index (χ1n) is 9.22. The van der Waals surface area contributed by atoms with Gasteiger partial charge in [0.25, 0.3) is 5.91 Å². The molecule has 2 N–H and O–H groups in total. The maximum atomic E-state index is 12.5. The Morgan fingerprint density at radius 2 is 1.88 bits per heavy atom. The number of carbonyl (C=O) groups is 1. The highest BCUT2D eigenvalue weighted by Gasteiger charge is 2.29. The van der Waals surface area contributed by atoms with E-state index in [1.54, 1.807) is 7.11 Å². The maximum Gasteiger partial charge on any atom is 0.278 e. The molecule has 0 unspecified atom stereocenters. The first-order valence-corrected chi connectivity index (χ1v) is 9.22. The van der Waals surface area contributed by atoms with Crippen molar-refractivity contribution in [2.24, 2.45) is 0 Å². The van der Waals surface area contributed by atoms with Crippen LogP contribution in [-0.4, -0.2) is 45.2 Å². The van der Waals surface area contributed by atoms with Crippen LogP contribution in [0.15, 0.2) is 54.6 Å². The standard InChI is InChI=1S/C21H27N3O2/c1-17(21(25)22-16-18-7-4-3-5-8-18)23-11-13-24(14-12-23)19-9-6-10-20(15-19)26-2/h3-10,15,17H,11-14,16H2,1-2H3,(H,22,25)/p+1/t17-/m0/s1. The number of carbonyl (C=O) groups excluding carboxylic acids is 1. The van der Waals surface area contributed by atoms with Gasteiger partial charge >= 0.3 is 0 Å². The highest BCUT2D eigenvalue weighted by atomic mass is 16.5. The SMILES string of the molecule is COc1cccc(N2CC[NH+]([C@@H](C)C(=O)NCc3ccccc3)CC2)c1. The van der Waals surface area contributed by atoms with Gasteiger partial charge in [-0.15, -0.1) is 0 Å². The second-order valence-corrected chi connectivity index (χ2v) is 6.77. The van der Waals surface area contributed by atoms with E-state index in [1.807, 2.05) is 49.4 Å². The lowest BCUT2D eigenvalue weighted by molar-refractivity contribution is -0.914. The monoisotopic (exact) mass is 354 g/mol. The van der Waals surface area contributed by atoms with Gasteiger partial charge in [-0.1, -0.05) is 36.4 Å². The number of hydrogen-bond donors (Lipinski definition) is 2. The number of anilines is 1. The van der Waals surface area contributed by atoms with E-state index in [0.29, 0.717) is 6.54 Å². The van der Waals surface area contributed by atoms with Gasteiger partial charge in [0.05, 0.1) is 33.3 Å². The third-order valence-electron chi connectivity index (χ3n) is 5.14. The number of rotatable bonds is 6. The largest absolute Gasteiger partial charge is 0.497 e. The molecule has 0 spiro atoms. The van der Waals surface area contributed by atoms with Crippen LogP contribution in [0.4, 0.5) is 5.69 Å². The Balaban J connectivity index is 1.49. The van der Waals surface area contributed by atoms with Gasteiger partial charge in [-0.25, -0.2) is 0 Å². The number of quaternary nitrogens is 1. The molecule has 0 aromatic heterocycles. The van der Waals surface area contributed by atoms with Gasteiger partial charge in [-0.2, -0.15) is 0 Å². The maximum absolute atomic E-state index is 12.5. The summed E-state index contributed by atoms with van der Waals surface area (Å²) in [4.78, 5) is 16.2. The molecule has 26 heavy (non-hydrogen) atoms. The summed E-state index contributed by atoms with van der Waals surface area (Å²) in [5.74, 6) is 1.00. The Morgan fingerprint density at radius 1 is 1.15 bits per heavy atom. The zero-order chi connectivity index (χ0) is 18.4. The quantitative estimate of drug-likeness (QED) is 0.817. The molecule has 1 saturated heterocycles. The molecule has 3 rings (SSSR count). The Hall–Kier alpha value is -2.53. The molecule has 1 aliphatic rings. The van der Waals surface area contributed by atoms with Gasteiger partial charge < -0.3 is 19.9 Å². The van der Waals surface area contributed by atoms with Crippen LogP contribution < -0.4 is 19.9 Å². The number of nitrogens with zero attached hydrogens (tertiary/aromatic N) is 1. The second-order valence-electron chi connectivity index (χ2n) is 6.77. The molecular weight excluding hydrogens is 326 g/mol. The van der Waals surface area contributed by atoms with Crippen LogP contribution in [0.2, 0.25) is 0 Å². The molecule has 0 aliphatic carbocycles. The molecule has 5 nitrogen and oxygen atoms in total. The predicted molar refractivity (Wildman–Crippen MR) is 104 cm³/mol. The highest BCUT2D eigenvalue weighted by Crippen LogP contribution is 2.20. The van der Waals surface area contributed by atoms with Crippen molar-refractivity contribution in [2.45, 2.75) is 19.5 Å². The van der Waals surface area contributed by atoms with Gasteiger partial charge in [0.15, 0.2) is 6.04 Å². The molecule has 138 valence electrons. The molecule has 0 saturated carbocycles. The molecule has 0 radical (unpaired) electrons. The van der Waals surface area contributed by atoms with Gasteiger partial charge in [0, 0.05) is 18.3 Å².